The van der Waals surface area contributed by atoms with Gasteiger partial charge in [-0.3, -0.25) is 0 Å². The lowest BCUT2D eigenvalue weighted by atomic mass is 9.73. The molecule has 1 aliphatic rings. The van der Waals surface area contributed by atoms with Crippen molar-refractivity contribution in [2.75, 3.05) is 0 Å². The van der Waals surface area contributed by atoms with Gasteiger partial charge in [-0.1, -0.05) is 43.2 Å². The van der Waals surface area contributed by atoms with Crippen molar-refractivity contribution in [1.29, 1.82) is 0 Å². The molecule has 0 saturated heterocycles. The van der Waals surface area contributed by atoms with Crippen molar-refractivity contribution in [2.24, 2.45) is 0 Å². The minimum atomic E-state index is -0.500. The summed E-state index contributed by atoms with van der Waals surface area (Å²) < 4.78 is 0. The Bertz CT molecular complexity index is 289. The molecule has 76 valence electrons. The summed E-state index contributed by atoms with van der Waals surface area (Å²) in [6, 6.07) is 10.4. The van der Waals surface area contributed by atoms with Gasteiger partial charge in [-0.2, -0.15) is 0 Å². The molecule has 0 aliphatic heterocycles. The van der Waals surface area contributed by atoms with Crippen LogP contribution in [0.3, 0.4) is 0 Å². The maximum atomic E-state index is 10.3. The van der Waals surface area contributed by atoms with Crippen molar-refractivity contribution in [2.45, 2.75) is 44.1 Å². The third kappa shape index (κ3) is 1.83. The van der Waals surface area contributed by atoms with Gasteiger partial charge in [0.2, 0.25) is 0 Å². The fourth-order valence-electron chi connectivity index (χ4n) is 2.53. The molecule has 1 aliphatic carbocycles. The van der Waals surface area contributed by atoms with Crippen molar-refractivity contribution in [3.05, 3.63) is 35.9 Å². The van der Waals surface area contributed by atoms with Crippen molar-refractivity contribution in [3.63, 3.8) is 0 Å². The van der Waals surface area contributed by atoms with Crippen LogP contribution in [-0.2, 0) is 0 Å². The Labute approximate surface area is 85.8 Å². The van der Waals surface area contributed by atoms with Crippen molar-refractivity contribution in [3.8, 4) is 0 Å². The van der Waals surface area contributed by atoms with Gasteiger partial charge in [0.05, 0.1) is 5.60 Å². The molecule has 14 heavy (non-hydrogen) atoms. The van der Waals surface area contributed by atoms with Gasteiger partial charge in [0.1, 0.15) is 0 Å². The standard InChI is InChI=1S/C13H18O/c1-13(14)10-6-5-9-12(13)11-7-3-2-4-8-11/h2-4,7-8,12,14H,5-6,9-10H2,1H3/t12-,13-/m0/s1. The quantitative estimate of drug-likeness (QED) is 0.721. The van der Waals surface area contributed by atoms with E-state index >= 15 is 0 Å². The van der Waals surface area contributed by atoms with E-state index in [2.05, 4.69) is 24.3 Å². The molecule has 1 aromatic carbocycles. The maximum Gasteiger partial charge on any atom is 0.0688 e. The molecule has 0 bridgehead atoms. The molecule has 2 rings (SSSR count). The highest BCUT2D eigenvalue weighted by Crippen LogP contribution is 2.40. The van der Waals surface area contributed by atoms with E-state index in [0.717, 1.165) is 19.3 Å². The fraction of sp³-hybridized carbons (Fsp3) is 0.538. The zero-order valence-electron chi connectivity index (χ0n) is 8.74. The van der Waals surface area contributed by atoms with E-state index in [0.29, 0.717) is 5.92 Å². The van der Waals surface area contributed by atoms with Crippen LogP contribution < -0.4 is 0 Å². The Kier molecular flexibility index (Phi) is 2.60. The summed E-state index contributed by atoms with van der Waals surface area (Å²) in [5.74, 6) is 0.331. The molecule has 1 N–H and O–H groups in total. The molecular weight excluding hydrogens is 172 g/mol. The molecule has 0 heterocycles. The highest BCUT2D eigenvalue weighted by molar-refractivity contribution is 5.23. The van der Waals surface area contributed by atoms with E-state index in [4.69, 9.17) is 0 Å². The summed E-state index contributed by atoms with van der Waals surface area (Å²) in [7, 11) is 0. The minimum Gasteiger partial charge on any atom is -0.390 e. The summed E-state index contributed by atoms with van der Waals surface area (Å²) in [4.78, 5) is 0. The first kappa shape index (κ1) is 9.72. The van der Waals surface area contributed by atoms with Gasteiger partial charge in [0.15, 0.2) is 0 Å². The second kappa shape index (κ2) is 3.74. The van der Waals surface area contributed by atoms with Crippen LogP contribution in [0.5, 0.6) is 0 Å². The van der Waals surface area contributed by atoms with Crippen molar-refractivity contribution < 1.29 is 5.11 Å². The molecule has 0 aromatic heterocycles. The van der Waals surface area contributed by atoms with Crippen LogP contribution >= 0.6 is 0 Å². The Morgan fingerprint density at radius 3 is 2.57 bits per heavy atom. The first-order chi connectivity index (χ1) is 6.70. The molecule has 0 unspecified atom stereocenters. The van der Waals surface area contributed by atoms with Crippen LogP contribution in [0.25, 0.3) is 0 Å². The van der Waals surface area contributed by atoms with Crippen LogP contribution in [0, 0.1) is 0 Å². The summed E-state index contributed by atoms with van der Waals surface area (Å²) in [5.41, 5.74) is 0.789. The third-order valence-corrected chi connectivity index (χ3v) is 3.38. The van der Waals surface area contributed by atoms with Crippen LogP contribution in [-0.4, -0.2) is 10.7 Å². The van der Waals surface area contributed by atoms with E-state index in [9.17, 15) is 5.11 Å². The minimum absolute atomic E-state index is 0.331. The largest absolute Gasteiger partial charge is 0.390 e. The van der Waals surface area contributed by atoms with Gasteiger partial charge in [-0.15, -0.1) is 0 Å². The van der Waals surface area contributed by atoms with Crippen molar-refractivity contribution in [1.82, 2.24) is 0 Å². The number of hydrogen-bond donors (Lipinski definition) is 1. The Morgan fingerprint density at radius 2 is 1.93 bits per heavy atom. The highest BCUT2D eigenvalue weighted by atomic mass is 16.3. The molecule has 0 spiro atoms. The summed E-state index contributed by atoms with van der Waals surface area (Å²) in [6.07, 6.45) is 4.47. The van der Waals surface area contributed by atoms with Gasteiger partial charge in [-0.05, 0) is 25.3 Å². The zero-order chi connectivity index (χ0) is 10.0. The SMILES string of the molecule is C[C@]1(O)CCCC[C@H]1c1ccccc1. The molecule has 1 saturated carbocycles. The molecule has 0 amide bonds. The lowest BCUT2D eigenvalue weighted by Crippen LogP contribution is -2.35. The first-order valence-electron chi connectivity index (χ1n) is 5.47. The van der Waals surface area contributed by atoms with E-state index in [1.807, 2.05) is 13.0 Å². The van der Waals surface area contributed by atoms with Gasteiger partial charge in [0, 0.05) is 5.92 Å². The molecular formula is C13H18O. The monoisotopic (exact) mass is 190 g/mol. The molecule has 1 nitrogen and oxygen atoms in total. The second-order valence-electron chi connectivity index (χ2n) is 4.57. The molecule has 1 fully saturated rings. The predicted octanol–water partition coefficient (Wildman–Crippen LogP) is 3.10. The summed E-state index contributed by atoms with van der Waals surface area (Å²) in [5, 5.41) is 10.3. The van der Waals surface area contributed by atoms with Gasteiger partial charge in [0.25, 0.3) is 0 Å². The Hall–Kier alpha value is -0.820. The van der Waals surface area contributed by atoms with E-state index in [1.165, 1.54) is 12.0 Å². The second-order valence-corrected chi connectivity index (χ2v) is 4.57. The smallest absolute Gasteiger partial charge is 0.0688 e. The molecule has 1 heteroatoms. The Balaban J connectivity index is 2.24. The maximum absolute atomic E-state index is 10.3. The van der Waals surface area contributed by atoms with E-state index < -0.39 is 5.60 Å². The predicted molar refractivity (Wildman–Crippen MR) is 58.3 cm³/mol. The van der Waals surface area contributed by atoms with Crippen LogP contribution in [0.15, 0.2) is 30.3 Å². The normalized spacial score (nSPS) is 32.9. The van der Waals surface area contributed by atoms with Crippen LogP contribution in [0.4, 0.5) is 0 Å². The number of aliphatic hydroxyl groups is 1. The summed E-state index contributed by atoms with van der Waals surface area (Å²) in [6.45, 7) is 1.98. The van der Waals surface area contributed by atoms with Gasteiger partial charge >= 0.3 is 0 Å². The van der Waals surface area contributed by atoms with Crippen LogP contribution in [0.2, 0.25) is 0 Å². The number of rotatable bonds is 1. The van der Waals surface area contributed by atoms with E-state index in [-0.39, 0.29) is 0 Å². The first-order valence-corrected chi connectivity index (χ1v) is 5.47. The lowest BCUT2D eigenvalue weighted by Gasteiger charge is -2.37. The zero-order valence-corrected chi connectivity index (χ0v) is 8.74. The average Bonchev–Trinajstić information content (AvgIpc) is 2.18. The number of benzene rings is 1. The average molecular weight is 190 g/mol. The summed E-state index contributed by atoms with van der Waals surface area (Å²) >= 11 is 0. The van der Waals surface area contributed by atoms with Crippen LogP contribution in [0.1, 0.15) is 44.1 Å². The molecule has 2 atom stereocenters. The third-order valence-electron chi connectivity index (χ3n) is 3.38. The molecule has 0 radical (unpaired) electrons. The van der Waals surface area contributed by atoms with E-state index in [1.54, 1.807) is 0 Å². The van der Waals surface area contributed by atoms with Gasteiger partial charge in [-0.25, -0.2) is 0 Å². The topological polar surface area (TPSA) is 20.2 Å². The molecule has 1 aromatic rings. The fourth-order valence-corrected chi connectivity index (χ4v) is 2.53. The Morgan fingerprint density at radius 1 is 1.21 bits per heavy atom. The highest BCUT2D eigenvalue weighted by Gasteiger charge is 2.34. The van der Waals surface area contributed by atoms with Crippen molar-refractivity contribution >= 4 is 0 Å². The van der Waals surface area contributed by atoms with Gasteiger partial charge < -0.3 is 5.11 Å². The lowest BCUT2D eigenvalue weighted by molar-refractivity contribution is 0.000662. The number of hydrogen-bond acceptors (Lipinski definition) is 1.